The number of fused-ring (bicyclic) bond motifs is 2. The van der Waals surface area contributed by atoms with Gasteiger partial charge in [0.25, 0.3) is 0 Å². The first-order valence-electron chi connectivity index (χ1n) is 11.3. The minimum atomic E-state index is -0.460. The van der Waals surface area contributed by atoms with Gasteiger partial charge in [-0.15, -0.1) is 0 Å². The van der Waals surface area contributed by atoms with Crippen LogP contribution in [-0.4, -0.2) is 53.8 Å². The van der Waals surface area contributed by atoms with Gasteiger partial charge in [0.05, 0.1) is 12.7 Å². The average Bonchev–Trinajstić information content (AvgIpc) is 3.41. The van der Waals surface area contributed by atoms with Crippen LogP contribution in [0.5, 0.6) is 17.2 Å². The van der Waals surface area contributed by atoms with Gasteiger partial charge >= 0.3 is 0 Å². The van der Waals surface area contributed by atoms with E-state index in [9.17, 15) is 5.11 Å². The normalized spacial score (nSPS) is 26.3. The highest BCUT2D eigenvalue weighted by Crippen LogP contribution is 2.40. The number of aliphatic hydroxyl groups is 2. The molecular formula is C26H29NO5. The first kappa shape index (κ1) is 21.1. The maximum Gasteiger partial charge on any atom is 0.231 e. The Balaban J connectivity index is 1.17. The monoisotopic (exact) mass is 435 g/mol. The van der Waals surface area contributed by atoms with Gasteiger partial charge < -0.3 is 24.4 Å². The van der Waals surface area contributed by atoms with Crippen LogP contribution in [0.4, 0.5) is 0 Å². The molecule has 2 heterocycles. The van der Waals surface area contributed by atoms with Crippen LogP contribution < -0.4 is 14.2 Å². The Bertz CT molecular complexity index is 996. The summed E-state index contributed by atoms with van der Waals surface area (Å²) in [5.41, 5.74) is 2.24. The molecule has 2 aromatic carbocycles. The molecule has 1 aliphatic carbocycles. The van der Waals surface area contributed by atoms with E-state index in [0.717, 1.165) is 43.8 Å². The van der Waals surface area contributed by atoms with Gasteiger partial charge in [0.15, 0.2) is 11.5 Å². The van der Waals surface area contributed by atoms with E-state index in [1.807, 2.05) is 30.3 Å². The van der Waals surface area contributed by atoms with E-state index in [4.69, 9.17) is 19.3 Å². The van der Waals surface area contributed by atoms with Crippen LogP contribution in [-0.2, 0) is 6.54 Å². The summed E-state index contributed by atoms with van der Waals surface area (Å²) in [5.74, 6) is 9.21. The highest BCUT2D eigenvalue weighted by atomic mass is 16.7. The third-order valence-corrected chi connectivity index (χ3v) is 6.62. The minimum absolute atomic E-state index is 0.0969. The molecule has 2 aliphatic heterocycles. The van der Waals surface area contributed by atoms with Crippen molar-refractivity contribution in [3.63, 3.8) is 0 Å². The largest absolute Gasteiger partial charge is 0.488 e. The van der Waals surface area contributed by atoms with Crippen molar-refractivity contribution in [2.75, 3.05) is 26.5 Å². The van der Waals surface area contributed by atoms with Gasteiger partial charge in [0.1, 0.15) is 11.9 Å². The lowest BCUT2D eigenvalue weighted by Gasteiger charge is -2.35. The van der Waals surface area contributed by atoms with Crippen LogP contribution >= 0.6 is 0 Å². The number of likely N-dealkylation sites (tertiary alicyclic amines) is 1. The summed E-state index contributed by atoms with van der Waals surface area (Å²) >= 11 is 0. The maximum atomic E-state index is 10.7. The molecule has 0 radical (unpaired) electrons. The standard InChI is InChI=1S/C26H29NO5/c28-10-2-1-3-18-4-6-19(7-5-18)14-27-15-20-11-23(29)25(12-21(20)16-27)32-22-8-9-24-26(13-22)31-17-30-24/h4-9,13,20-21,23,25,28-29H,2,10-12,14-17H2/t20-,21+,23+,25+/m0/s1. The lowest BCUT2D eigenvalue weighted by molar-refractivity contribution is -0.0232. The number of aliphatic hydroxyl groups excluding tert-OH is 2. The van der Waals surface area contributed by atoms with E-state index in [1.165, 1.54) is 5.56 Å². The number of rotatable bonds is 5. The quantitative estimate of drug-likeness (QED) is 0.704. The third-order valence-electron chi connectivity index (χ3n) is 6.62. The van der Waals surface area contributed by atoms with Crippen molar-refractivity contribution in [1.82, 2.24) is 4.90 Å². The zero-order chi connectivity index (χ0) is 21.9. The van der Waals surface area contributed by atoms with Gasteiger partial charge in [0, 0.05) is 37.7 Å². The maximum absolute atomic E-state index is 10.7. The van der Waals surface area contributed by atoms with Crippen LogP contribution in [0, 0.1) is 23.7 Å². The second-order valence-electron chi connectivity index (χ2n) is 8.90. The topological polar surface area (TPSA) is 71.4 Å². The van der Waals surface area contributed by atoms with E-state index >= 15 is 0 Å². The summed E-state index contributed by atoms with van der Waals surface area (Å²) in [6, 6.07) is 13.9. The molecule has 1 saturated carbocycles. The SMILES string of the molecule is OCCC#Cc1ccc(CN2C[C@H]3C[C@@H](Oc4ccc5c(c4)OCO5)[C@H](O)C[C@H]3C2)cc1. The molecule has 5 rings (SSSR count). The number of ether oxygens (including phenoxy) is 3. The molecule has 3 aliphatic rings. The molecule has 0 aromatic heterocycles. The van der Waals surface area contributed by atoms with Crippen molar-refractivity contribution in [2.45, 2.75) is 38.0 Å². The molecule has 0 amide bonds. The van der Waals surface area contributed by atoms with Crippen LogP contribution in [0.1, 0.15) is 30.4 Å². The van der Waals surface area contributed by atoms with E-state index in [1.54, 1.807) is 0 Å². The molecule has 2 N–H and O–H groups in total. The molecule has 2 fully saturated rings. The number of hydrogen-bond acceptors (Lipinski definition) is 6. The lowest BCUT2D eigenvalue weighted by atomic mass is 9.78. The van der Waals surface area contributed by atoms with Gasteiger partial charge in [-0.1, -0.05) is 24.0 Å². The number of hydrogen-bond donors (Lipinski definition) is 2. The molecule has 0 bridgehead atoms. The van der Waals surface area contributed by atoms with E-state index in [-0.39, 0.29) is 19.5 Å². The fourth-order valence-electron chi connectivity index (χ4n) is 5.04. The van der Waals surface area contributed by atoms with Gasteiger partial charge in [-0.3, -0.25) is 4.90 Å². The molecule has 6 heteroatoms. The smallest absolute Gasteiger partial charge is 0.231 e. The second-order valence-corrected chi connectivity index (χ2v) is 8.90. The Morgan fingerprint density at radius 3 is 2.59 bits per heavy atom. The Labute approximate surface area is 188 Å². The molecule has 6 nitrogen and oxygen atoms in total. The lowest BCUT2D eigenvalue weighted by Crippen LogP contribution is -2.42. The molecule has 1 saturated heterocycles. The average molecular weight is 436 g/mol. The molecule has 168 valence electrons. The van der Waals surface area contributed by atoms with Crippen LogP contribution in [0.25, 0.3) is 0 Å². The number of benzene rings is 2. The predicted molar refractivity (Wildman–Crippen MR) is 120 cm³/mol. The van der Waals surface area contributed by atoms with Crippen molar-refractivity contribution in [1.29, 1.82) is 0 Å². The molecule has 32 heavy (non-hydrogen) atoms. The fourth-order valence-corrected chi connectivity index (χ4v) is 5.04. The highest BCUT2D eigenvalue weighted by Gasteiger charge is 2.42. The van der Waals surface area contributed by atoms with Crippen molar-refractivity contribution in [3.05, 3.63) is 53.6 Å². The number of nitrogens with zero attached hydrogens (tertiary/aromatic N) is 1. The molecule has 0 spiro atoms. The zero-order valence-electron chi connectivity index (χ0n) is 18.1. The summed E-state index contributed by atoms with van der Waals surface area (Å²) in [6.07, 6.45) is 1.47. The van der Waals surface area contributed by atoms with Gasteiger partial charge in [-0.25, -0.2) is 0 Å². The first-order valence-corrected chi connectivity index (χ1v) is 11.3. The van der Waals surface area contributed by atoms with Crippen molar-refractivity contribution < 1.29 is 24.4 Å². The fraction of sp³-hybridized carbons (Fsp3) is 0.462. The van der Waals surface area contributed by atoms with Crippen molar-refractivity contribution in [2.24, 2.45) is 11.8 Å². The summed E-state index contributed by atoms with van der Waals surface area (Å²) < 4.78 is 17.0. The Kier molecular flexibility index (Phi) is 6.22. The Hall–Kier alpha value is -2.72. The van der Waals surface area contributed by atoms with Gasteiger partial charge in [-0.05, 0) is 54.5 Å². The van der Waals surface area contributed by atoms with E-state index in [2.05, 4.69) is 28.9 Å². The summed E-state index contributed by atoms with van der Waals surface area (Å²) in [6.45, 7) is 3.28. The van der Waals surface area contributed by atoms with Crippen LogP contribution in [0.2, 0.25) is 0 Å². The summed E-state index contributed by atoms with van der Waals surface area (Å²) in [4.78, 5) is 2.48. The first-order chi connectivity index (χ1) is 15.7. The van der Waals surface area contributed by atoms with E-state index in [0.29, 0.717) is 29.8 Å². The predicted octanol–water partition coefficient (Wildman–Crippen LogP) is 2.80. The van der Waals surface area contributed by atoms with Crippen molar-refractivity contribution >= 4 is 0 Å². The Morgan fingerprint density at radius 2 is 1.78 bits per heavy atom. The van der Waals surface area contributed by atoms with Gasteiger partial charge in [0.2, 0.25) is 6.79 Å². The van der Waals surface area contributed by atoms with Crippen LogP contribution in [0.3, 0.4) is 0 Å². The summed E-state index contributed by atoms with van der Waals surface area (Å²) in [5, 5.41) is 19.6. The minimum Gasteiger partial charge on any atom is -0.488 e. The van der Waals surface area contributed by atoms with Crippen LogP contribution in [0.15, 0.2) is 42.5 Å². The summed E-state index contributed by atoms with van der Waals surface area (Å²) in [7, 11) is 0. The van der Waals surface area contributed by atoms with Crippen molar-refractivity contribution in [3.8, 4) is 29.1 Å². The molecule has 0 unspecified atom stereocenters. The Morgan fingerprint density at radius 1 is 1.00 bits per heavy atom. The van der Waals surface area contributed by atoms with E-state index < -0.39 is 6.10 Å². The highest BCUT2D eigenvalue weighted by molar-refractivity contribution is 5.47. The third kappa shape index (κ3) is 4.71. The van der Waals surface area contributed by atoms with Gasteiger partial charge in [-0.2, -0.15) is 0 Å². The zero-order valence-corrected chi connectivity index (χ0v) is 18.1. The molecule has 4 atom stereocenters. The second kappa shape index (κ2) is 9.41. The molecule has 2 aromatic rings. The molecular weight excluding hydrogens is 406 g/mol.